The summed E-state index contributed by atoms with van der Waals surface area (Å²) in [5, 5.41) is 11.9. The largest absolute Gasteiger partial charge is 0.353 e. The molecule has 1 aliphatic rings. The van der Waals surface area contributed by atoms with Crippen LogP contribution in [-0.2, 0) is 17.8 Å². The van der Waals surface area contributed by atoms with Gasteiger partial charge in [-0.15, -0.1) is 0 Å². The predicted octanol–water partition coefficient (Wildman–Crippen LogP) is 2.03. The molecule has 1 fully saturated rings. The molecule has 1 aliphatic heterocycles. The number of amides is 1. The number of likely N-dealkylation sites (N-methyl/N-ethyl adjacent to an activating group) is 1. The van der Waals surface area contributed by atoms with E-state index < -0.39 is 0 Å². The molecule has 0 spiro atoms. The first-order valence-electron chi connectivity index (χ1n) is 11.1. The van der Waals surface area contributed by atoms with E-state index in [-0.39, 0.29) is 18.0 Å². The Bertz CT molecular complexity index is 1130. The molecule has 0 radical (unpaired) electrons. The van der Waals surface area contributed by atoms with Crippen molar-refractivity contribution in [3.63, 3.8) is 0 Å². The number of nitrogens with one attached hydrogen (secondary N) is 1. The van der Waals surface area contributed by atoms with E-state index >= 15 is 0 Å². The van der Waals surface area contributed by atoms with Gasteiger partial charge in [-0.2, -0.15) is 10.2 Å². The van der Waals surface area contributed by atoms with Gasteiger partial charge >= 0.3 is 0 Å². The number of aryl methyl sites for hydroxylation is 2. The molecular formula is C23H30N6O2. The van der Waals surface area contributed by atoms with Crippen LogP contribution in [0.3, 0.4) is 0 Å². The number of rotatable bonds is 7. The van der Waals surface area contributed by atoms with Crippen LogP contribution in [0.2, 0.25) is 0 Å². The average molecular weight is 423 g/mol. The van der Waals surface area contributed by atoms with Crippen LogP contribution in [0.5, 0.6) is 0 Å². The van der Waals surface area contributed by atoms with Crippen LogP contribution in [0.1, 0.15) is 38.1 Å². The van der Waals surface area contributed by atoms with Gasteiger partial charge in [-0.25, -0.2) is 9.20 Å². The number of fused-ring (bicyclic) bond motifs is 1. The minimum atomic E-state index is -0.319. The molecule has 1 aromatic carbocycles. The summed E-state index contributed by atoms with van der Waals surface area (Å²) in [4.78, 5) is 27.8. The summed E-state index contributed by atoms with van der Waals surface area (Å²) < 4.78 is 2.79. The van der Waals surface area contributed by atoms with Gasteiger partial charge in [0.15, 0.2) is 0 Å². The van der Waals surface area contributed by atoms with Crippen LogP contribution in [0.15, 0.2) is 35.1 Å². The van der Waals surface area contributed by atoms with Gasteiger partial charge in [0.25, 0.3) is 5.56 Å². The highest BCUT2D eigenvalue weighted by atomic mass is 16.2. The van der Waals surface area contributed by atoms with Crippen LogP contribution in [0, 0.1) is 6.92 Å². The normalized spacial score (nSPS) is 16.8. The fourth-order valence-electron chi connectivity index (χ4n) is 4.30. The maximum absolute atomic E-state index is 13.0. The van der Waals surface area contributed by atoms with E-state index in [9.17, 15) is 9.59 Å². The summed E-state index contributed by atoms with van der Waals surface area (Å²) in [5.74, 6) is 0.364. The Hall–Kier alpha value is -3.00. The van der Waals surface area contributed by atoms with E-state index in [0.717, 1.165) is 37.9 Å². The first-order valence-corrected chi connectivity index (χ1v) is 11.1. The SMILES string of the molecule is CCc1ccc(-c2cc3c(=O)n(CC(=O)NC[C@@H]4CCCN4CC)nc(C)n3n2)cc1. The molecule has 0 bridgehead atoms. The van der Waals surface area contributed by atoms with Gasteiger partial charge in [0.05, 0.1) is 5.69 Å². The lowest BCUT2D eigenvalue weighted by Gasteiger charge is -2.22. The van der Waals surface area contributed by atoms with Crippen molar-refractivity contribution in [1.29, 1.82) is 0 Å². The standard InChI is InChI=1S/C23H30N6O2/c1-4-17-8-10-18(11-9-17)20-13-21-23(31)28(25-16(3)29(21)26-20)15-22(30)24-14-19-7-6-12-27(19)5-2/h8-11,13,19H,4-7,12,14-15H2,1-3H3,(H,24,30)/t19-/m0/s1. The molecule has 4 rings (SSSR count). The molecule has 8 nitrogen and oxygen atoms in total. The van der Waals surface area contributed by atoms with Crippen molar-refractivity contribution < 1.29 is 4.79 Å². The van der Waals surface area contributed by atoms with Crippen molar-refractivity contribution in [1.82, 2.24) is 29.6 Å². The van der Waals surface area contributed by atoms with Gasteiger partial charge in [-0.3, -0.25) is 14.5 Å². The Morgan fingerprint density at radius 2 is 1.97 bits per heavy atom. The zero-order valence-corrected chi connectivity index (χ0v) is 18.5. The number of hydrogen-bond acceptors (Lipinski definition) is 5. The van der Waals surface area contributed by atoms with E-state index in [2.05, 4.69) is 46.4 Å². The molecule has 3 aromatic rings. The second-order valence-corrected chi connectivity index (χ2v) is 8.12. The molecule has 31 heavy (non-hydrogen) atoms. The molecule has 0 unspecified atom stereocenters. The fourth-order valence-corrected chi connectivity index (χ4v) is 4.30. The van der Waals surface area contributed by atoms with E-state index in [1.165, 1.54) is 10.2 Å². The molecule has 1 amide bonds. The summed E-state index contributed by atoms with van der Waals surface area (Å²) in [6.45, 7) is 8.62. The van der Waals surface area contributed by atoms with Crippen molar-refractivity contribution in [2.75, 3.05) is 19.6 Å². The second kappa shape index (κ2) is 9.01. The van der Waals surface area contributed by atoms with Gasteiger partial charge in [0.1, 0.15) is 17.9 Å². The molecule has 2 aromatic heterocycles. The van der Waals surface area contributed by atoms with Crippen LogP contribution in [0.25, 0.3) is 16.8 Å². The zero-order valence-electron chi connectivity index (χ0n) is 18.5. The number of likely N-dealkylation sites (tertiary alicyclic amines) is 1. The Balaban J connectivity index is 1.52. The third kappa shape index (κ3) is 4.39. The second-order valence-electron chi connectivity index (χ2n) is 8.12. The maximum Gasteiger partial charge on any atom is 0.293 e. The Morgan fingerprint density at radius 1 is 1.19 bits per heavy atom. The van der Waals surface area contributed by atoms with Gasteiger partial charge in [0, 0.05) is 18.2 Å². The minimum absolute atomic E-state index is 0.0965. The van der Waals surface area contributed by atoms with E-state index in [0.29, 0.717) is 29.6 Å². The predicted molar refractivity (Wildman–Crippen MR) is 120 cm³/mol. The maximum atomic E-state index is 13.0. The summed E-state index contributed by atoms with van der Waals surface area (Å²) in [6, 6.07) is 10.3. The fraction of sp³-hybridized carbons (Fsp3) is 0.478. The molecule has 1 saturated heterocycles. The highest BCUT2D eigenvalue weighted by molar-refractivity contribution is 5.75. The number of carbonyl (C=O) groups is 1. The Labute approximate surface area is 181 Å². The van der Waals surface area contributed by atoms with Crippen molar-refractivity contribution in [2.45, 2.75) is 52.6 Å². The van der Waals surface area contributed by atoms with Crippen LogP contribution in [0.4, 0.5) is 0 Å². The van der Waals surface area contributed by atoms with Crippen molar-refractivity contribution in [3.8, 4) is 11.3 Å². The number of benzene rings is 1. The van der Waals surface area contributed by atoms with Gasteiger partial charge in [-0.05, 0) is 50.9 Å². The van der Waals surface area contributed by atoms with Gasteiger partial charge in [0.2, 0.25) is 5.91 Å². The highest BCUT2D eigenvalue weighted by Crippen LogP contribution is 2.20. The average Bonchev–Trinajstić information content (AvgIpc) is 3.43. The van der Waals surface area contributed by atoms with E-state index in [4.69, 9.17) is 0 Å². The van der Waals surface area contributed by atoms with Crippen molar-refractivity contribution >= 4 is 11.4 Å². The van der Waals surface area contributed by atoms with Gasteiger partial charge < -0.3 is 5.32 Å². The first kappa shape index (κ1) is 21.2. The summed E-state index contributed by atoms with van der Waals surface area (Å²) in [7, 11) is 0. The molecule has 1 atom stereocenters. The number of nitrogens with zero attached hydrogens (tertiary/aromatic N) is 5. The number of carbonyl (C=O) groups excluding carboxylic acids is 1. The number of aromatic nitrogens is 4. The molecule has 3 heterocycles. The van der Waals surface area contributed by atoms with Crippen molar-refractivity contribution in [2.24, 2.45) is 0 Å². The molecule has 0 saturated carbocycles. The molecule has 0 aliphatic carbocycles. The lowest BCUT2D eigenvalue weighted by atomic mass is 10.1. The topological polar surface area (TPSA) is 84.5 Å². The molecule has 8 heteroatoms. The van der Waals surface area contributed by atoms with Crippen LogP contribution < -0.4 is 10.9 Å². The molecule has 164 valence electrons. The monoisotopic (exact) mass is 422 g/mol. The third-order valence-corrected chi connectivity index (χ3v) is 6.13. The number of hydrogen-bond donors (Lipinski definition) is 1. The highest BCUT2D eigenvalue weighted by Gasteiger charge is 2.23. The first-order chi connectivity index (χ1) is 15.0. The Morgan fingerprint density at radius 3 is 2.68 bits per heavy atom. The van der Waals surface area contributed by atoms with Crippen molar-refractivity contribution in [3.05, 3.63) is 52.1 Å². The van der Waals surface area contributed by atoms with Crippen LogP contribution >= 0.6 is 0 Å². The quantitative estimate of drug-likeness (QED) is 0.630. The molecule has 1 N–H and O–H groups in total. The minimum Gasteiger partial charge on any atom is -0.353 e. The zero-order chi connectivity index (χ0) is 22.0. The summed E-state index contributed by atoms with van der Waals surface area (Å²) in [6.07, 6.45) is 3.23. The van der Waals surface area contributed by atoms with E-state index in [1.54, 1.807) is 17.5 Å². The summed E-state index contributed by atoms with van der Waals surface area (Å²) >= 11 is 0. The molecular weight excluding hydrogens is 392 g/mol. The van der Waals surface area contributed by atoms with Gasteiger partial charge in [-0.1, -0.05) is 38.1 Å². The van der Waals surface area contributed by atoms with E-state index in [1.807, 2.05) is 12.1 Å². The third-order valence-electron chi connectivity index (χ3n) is 6.13. The Kier molecular flexibility index (Phi) is 6.18. The lowest BCUT2D eigenvalue weighted by Crippen LogP contribution is -2.42. The lowest BCUT2D eigenvalue weighted by molar-refractivity contribution is -0.122. The smallest absolute Gasteiger partial charge is 0.293 e. The summed E-state index contributed by atoms with van der Waals surface area (Å²) in [5.41, 5.74) is 3.01. The van der Waals surface area contributed by atoms with Crippen LogP contribution in [-0.4, -0.2) is 55.9 Å².